The lowest BCUT2D eigenvalue weighted by Gasteiger charge is -2.29. The third-order valence-corrected chi connectivity index (χ3v) is 3.59. The zero-order chi connectivity index (χ0) is 12.3. The van der Waals surface area contributed by atoms with E-state index in [0.717, 1.165) is 19.5 Å². The van der Waals surface area contributed by atoms with E-state index >= 15 is 0 Å². The highest BCUT2D eigenvalue weighted by atomic mass is 16.3. The van der Waals surface area contributed by atoms with E-state index in [9.17, 15) is 0 Å². The quantitative estimate of drug-likeness (QED) is 0.717. The Morgan fingerprint density at radius 2 is 1.76 bits per heavy atom. The van der Waals surface area contributed by atoms with Crippen molar-refractivity contribution in [2.45, 2.75) is 57.9 Å². The predicted molar refractivity (Wildman–Crippen MR) is 73.3 cm³/mol. The predicted octanol–water partition coefficient (Wildman–Crippen LogP) is 2.00. The lowest BCUT2D eigenvalue weighted by Crippen LogP contribution is -2.43. The van der Waals surface area contributed by atoms with E-state index in [1.807, 2.05) is 0 Å². The molecule has 0 aromatic heterocycles. The fourth-order valence-electron chi connectivity index (χ4n) is 2.57. The van der Waals surface area contributed by atoms with Gasteiger partial charge in [-0.25, -0.2) is 0 Å². The molecule has 1 saturated heterocycles. The molecule has 0 amide bonds. The molecule has 1 unspecified atom stereocenters. The number of hydrogen-bond donors (Lipinski definition) is 2. The van der Waals surface area contributed by atoms with E-state index in [1.54, 1.807) is 0 Å². The molecule has 1 atom stereocenters. The fourth-order valence-corrected chi connectivity index (χ4v) is 2.57. The molecule has 0 radical (unpaired) electrons. The summed E-state index contributed by atoms with van der Waals surface area (Å²) < 4.78 is 0. The average Bonchev–Trinajstić information content (AvgIpc) is 2.29. The van der Waals surface area contributed by atoms with E-state index in [4.69, 9.17) is 5.11 Å². The highest BCUT2D eigenvalue weighted by Gasteiger charge is 2.14. The minimum atomic E-state index is 0.301. The number of hydrogen-bond acceptors (Lipinski definition) is 3. The maximum atomic E-state index is 9.11. The van der Waals surface area contributed by atoms with E-state index in [2.05, 4.69) is 17.1 Å². The Balaban J connectivity index is 2.29. The molecule has 17 heavy (non-hydrogen) atoms. The van der Waals surface area contributed by atoms with Gasteiger partial charge in [0.15, 0.2) is 0 Å². The second-order valence-electron chi connectivity index (χ2n) is 5.23. The Morgan fingerprint density at radius 3 is 2.35 bits per heavy atom. The van der Waals surface area contributed by atoms with E-state index in [-0.39, 0.29) is 0 Å². The molecule has 102 valence electrons. The lowest BCUT2D eigenvalue weighted by molar-refractivity contribution is 0.196. The van der Waals surface area contributed by atoms with Crippen molar-refractivity contribution in [1.29, 1.82) is 0 Å². The lowest BCUT2D eigenvalue weighted by atomic mass is 10.1. The smallest absolute Gasteiger partial charge is 0.0446 e. The zero-order valence-electron chi connectivity index (χ0n) is 11.5. The van der Waals surface area contributed by atoms with Gasteiger partial charge in [-0.05, 0) is 45.3 Å². The summed E-state index contributed by atoms with van der Waals surface area (Å²) in [7, 11) is 0. The van der Waals surface area contributed by atoms with Gasteiger partial charge in [0.2, 0.25) is 0 Å². The normalized spacial score (nSPS) is 20.8. The Morgan fingerprint density at radius 1 is 1.12 bits per heavy atom. The standard InChI is InChI=1S/C14H30N2O/c1-2-9-15-14(8-12-17)13-16-10-6-4-3-5-7-11-16/h14-15,17H,2-13H2,1H3. The summed E-state index contributed by atoms with van der Waals surface area (Å²) in [5.74, 6) is 0. The van der Waals surface area contributed by atoms with Crippen molar-refractivity contribution in [1.82, 2.24) is 10.2 Å². The van der Waals surface area contributed by atoms with Crippen molar-refractivity contribution in [3.8, 4) is 0 Å². The molecule has 2 N–H and O–H groups in total. The molecule has 1 aliphatic rings. The van der Waals surface area contributed by atoms with Gasteiger partial charge in [-0.3, -0.25) is 0 Å². The Labute approximate surface area is 107 Å². The first-order chi connectivity index (χ1) is 8.36. The first-order valence-corrected chi connectivity index (χ1v) is 7.43. The molecule has 1 aliphatic heterocycles. The Bertz CT molecular complexity index is 165. The fraction of sp³-hybridized carbons (Fsp3) is 1.00. The van der Waals surface area contributed by atoms with Crippen LogP contribution in [0.15, 0.2) is 0 Å². The topological polar surface area (TPSA) is 35.5 Å². The molecule has 1 fully saturated rings. The van der Waals surface area contributed by atoms with Gasteiger partial charge >= 0.3 is 0 Å². The molecule has 0 spiro atoms. The molecule has 0 saturated carbocycles. The largest absolute Gasteiger partial charge is 0.396 e. The summed E-state index contributed by atoms with van der Waals surface area (Å²) in [6.45, 7) is 7.17. The second kappa shape index (κ2) is 9.86. The van der Waals surface area contributed by atoms with E-state index in [0.29, 0.717) is 12.6 Å². The van der Waals surface area contributed by atoms with Gasteiger partial charge in [0.25, 0.3) is 0 Å². The van der Waals surface area contributed by atoms with Crippen LogP contribution < -0.4 is 5.32 Å². The summed E-state index contributed by atoms with van der Waals surface area (Å²) in [6, 6.07) is 0.472. The van der Waals surface area contributed by atoms with Crippen LogP contribution >= 0.6 is 0 Å². The van der Waals surface area contributed by atoms with Crippen LogP contribution in [0.2, 0.25) is 0 Å². The van der Waals surface area contributed by atoms with Gasteiger partial charge < -0.3 is 15.3 Å². The molecule has 0 bridgehead atoms. The minimum Gasteiger partial charge on any atom is -0.396 e. The number of aliphatic hydroxyl groups is 1. The van der Waals surface area contributed by atoms with Gasteiger partial charge in [-0.2, -0.15) is 0 Å². The summed E-state index contributed by atoms with van der Waals surface area (Å²) in [5, 5.41) is 12.7. The molecule has 0 aliphatic carbocycles. The molecule has 0 aromatic carbocycles. The number of nitrogens with one attached hydrogen (secondary N) is 1. The zero-order valence-corrected chi connectivity index (χ0v) is 11.5. The van der Waals surface area contributed by atoms with Gasteiger partial charge in [-0.1, -0.05) is 26.2 Å². The maximum absolute atomic E-state index is 9.11. The second-order valence-corrected chi connectivity index (χ2v) is 5.23. The Kier molecular flexibility index (Phi) is 8.67. The number of likely N-dealkylation sites (tertiary alicyclic amines) is 1. The third kappa shape index (κ3) is 7.02. The highest BCUT2D eigenvalue weighted by molar-refractivity contribution is 4.73. The van der Waals surface area contributed by atoms with Crippen molar-refractivity contribution >= 4 is 0 Å². The number of rotatable bonds is 7. The molecule has 1 rings (SSSR count). The number of aliphatic hydroxyl groups excluding tert-OH is 1. The summed E-state index contributed by atoms with van der Waals surface area (Å²) in [5.41, 5.74) is 0. The SMILES string of the molecule is CCCNC(CCO)CN1CCCCCCC1. The van der Waals surface area contributed by atoms with Crippen LogP contribution in [0.3, 0.4) is 0 Å². The van der Waals surface area contributed by atoms with Crippen LogP contribution in [-0.4, -0.2) is 48.8 Å². The molecule has 3 nitrogen and oxygen atoms in total. The summed E-state index contributed by atoms with van der Waals surface area (Å²) in [4.78, 5) is 2.59. The van der Waals surface area contributed by atoms with Crippen LogP contribution in [0.5, 0.6) is 0 Å². The average molecular weight is 242 g/mol. The van der Waals surface area contributed by atoms with Crippen molar-refractivity contribution in [3.05, 3.63) is 0 Å². The van der Waals surface area contributed by atoms with Crippen LogP contribution in [-0.2, 0) is 0 Å². The molecule has 0 aromatic rings. The van der Waals surface area contributed by atoms with Crippen molar-refractivity contribution in [3.63, 3.8) is 0 Å². The van der Waals surface area contributed by atoms with Crippen molar-refractivity contribution < 1.29 is 5.11 Å². The van der Waals surface area contributed by atoms with Crippen molar-refractivity contribution in [2.75, 3.05) is 32.8 Å². The van der Waals surface area contributed by atoms with E-state index < -0.39 is 0 Å². The maximum Gasteiger partial charge on any atom is 0.0446 e. The minimum absolute atomic E-state index is 0.301. The molecular formula is C14H30N2O. The first kappa shape index (κ1) is 14.9. The van der Waals surface area contributed by atoms with Gasteiger partial charge in [0, 0.05) is 19.2 Å². The molecule has 1 heterocycles. The summed E-state index contributed by atoms with van der Waals surface area (Å²) >= 11 is 0. The van der Waals surface area contributed by atoms with E-state index in [1.165, 1.54) is 51.6 Å². The summed E-state index contributed by atoms with van der Waals surface area (Å²) in [6.07, 6.45) is 8.95. The van der Waals surface area contributed by atoms with Gasteiger partial charge in [0.05, 0.1) is 0 Å². The van der Waals surface area contributed by atoms with Crippen molar-refractivity contribution in [2.24, 2.45) is 0 Å². The third-order valence-electron chi connectivity index (χ3n) is 3.59. The van der Waals surface area contributed by atoms with Crippen LogP contribution in [0.1, 0.15) is 51.9 Å². The van der Waals surface area contributed by atoms with Gasteiger partial charge in [0.1, 0.15) is 0 Å². The number of nitrogens with zero attached hydrogens (tertiary/aromatic N) is 1. The van der Waals surface area contributed by atoms with Gasteiger partial charge in [-0.15, -0.1) is 0 Å². The van der Waals surface area contributed by atoms with Crippen LogP contribution in [0.25, 0.3) is 0 Å². The molecule has 3 heteroatoms. The van der Waals surface area contributed by atoms with Crippen LogP contribution in [0.4, 0.5) is 0 Å². The monoisotopic (exact) mass is 242 g/mol. The Hall–Kier alpha value is -0.120. The highest BCUT2D eigenvalue weighted by Crippen LogP contribution is 2.11. The van der Waals surface area contributed by atoms with Crippen LogP contribution in [0, 0.1) is 0 Å². The molecular weight excluding hydrogens is 212 g/mol. The first-order valence-electron chi connectivity index (χ1n) is 7.43.